The zero-order chi connectivity index (χ0) is 17.6. The maximum atomic E-state index is 13.6. The molecule has 0 aliphatic heterocycles. The molecule has 0 atom stereocenters. The lowest BCUT2D eigenvalue weighted by Gasteiger charge is -2.02. The van der Waals surface area contributed by atoms with Crippen molar-refractivity contribution in [2.45, 2.75) is 17.7 Å². The minimum atomic E-state index is -0.497. The quantitative estimate of drug-likeness (QED) is 0.469. The predicted octanol–water partition coefficient (Wildman–Crippen LogP) is 4.96. The van der Waals surface area contributed by atoms with Crippen LogP contribution in [0.3, 0.4) is 0 Å². The summed E-state index contributed by atoms with van der Waals surface area (Å²) in [7, 11) is 0. The number of rotatable bonds is 7. The molecule has 1 heterocycles. The SMILES string of the molecule is CCc1ccc(Nc2nnc(SCC(=O)c3ccccc3F)s2)cc1. The molecule has 3 aromatic rings. The summed E-state index contributed by atoms with van der Waals surface area (Å²) >= 11 is 2.62. The van der Waals surface area contributed by atoms with Crippen LogP contribution in [0.25, 0.3) is 0 Å². The predicted molar refractivity (Wildman–Crippen MR) is 100 cm³/mol. The second-order valence-electron chi connectivity index (χ2n) is 5.24. The second-order valence-corrected chi connectivity index (χ2v) is 7.44. The van der Waals surface area contributed by atoms with Gasteiger partial charge in [-0.05, 0) is 36.2 Å². The van der Waals surface area contributed by atoms with Gasteiger partial charge in [0.1, 0.15) is 5.82 Å². The highest BCUT2D eigenvalue weighted by atomic mass is 32.2. The number of carbonyl (C=O) groups excluding carboxylic acids is 1. The van der Waals surface area contributed by atoms with Gasteiger partial charge in [-0.2, -0.15) is 0 Å². The second kappa shape index (κ2) is 8.22. The summed E-state index contributed by atoms with van der Waals surface area (Å²) < 4.78 is 14.3. The Hall–Kier alpha value is -2.25. The third-order valence-corrected chi connectivity index (χ3v) is 5.49. The first kappa shape index (κ1) is 17.6. The zero-order valence-corrected chi connectivity index (χ0v) is 15.2. The number of ketones is 1. The van der Waals surface area contributed by atoms with Gasteiger partial charge >= 0.3 is 0 Å². The van der Waals surface area contributed by atoms with Crippen molar-refractivity contribution >= 4 is 39.7 Å². The Bertz CT molecular complexity index is 865. The van der Waals surface area contributed by atoms with E-state index in [1.807, 2.05) is 12.1 Å². The topological polar surface area (TPSA) is 54.9 Å². The molecule has 0 saturated carbocycles. The third-order valence-electron chi connectivity index (χ3n) is 3.52. The average Bonchev–Trinajstić information content (AvgIpc) is 3.08. The highest BCUT2D eigenvalue weighted by Gasteiger charge is 2.13. The number of carbonyl (C=O) groups is 1. The molecule has 128 valence electrons. The van der Waals surface area contributed by atoms with Crippen molar-refractivity contribution in [3.05, 3.63) is 65.5 Å². The van der Waals surface area contributed by atoms with E-state index in [1.54, 1.807) is 12.1 Å². The molecule has 4 nitrogen and oxygen atoms in total. The molecule has 2 aromatic carbocycles. The van der Waals surface area contributed by atoms with Crippen LogP contribution >= 0.6 is 23.1 Å². The van der Waals surface area contributed by atoms with Crippen LogP contribution in [0.15, 0.2) is 52.9 Å². The van der Waals surface area contributed by atoms with Crippen molar-refractivity contribution in [3.63, 3.8) is 0 Å². The van der Waals surface area contributed by atoms with Crippen molar-refractivity contribution in [2.24, 2.45) is 0 Å². The number of aromatic nitrogens is 2. The fourth-order valence-corrected chi connectivity index (χ4v) is 3.81. The van der Waals surface area contributed by atoms with E-state index in [2.05, 4.69) is 34.6 Å². The molecule has 0 fully saturated rings. The number of anilines is 2. The van der Waals surface area contributed by atoms with Gasteiger partial charge in [0.15, 0.2) is 10.1 Å². The van der Waals surface area contributed by atoms with Crippen LogP contribution in [0.4, 0.5) is 15.2 Å². The Labute approximate surface area is 153 Å². The minimum absolute atomic E-state index is 0.105. The van der Waals surface area contributed by atoms with Crippen LogP contribution in [0.2, 0.25) is 0 Å². The summed E-state index contributed by atoms with van der Waals surface area (Å²) in [6, 6.07) is 14.1. The number of thioether (sulfide) groups is 1. The lowest BCUT2D eigenvalue weighted by atomic mass is 10.1. The molecule has 1 aromatic heterocycles. The maximum absolute atomic E-state index is 13.6. The van der Waals surface area contributed by atoms with Gasteiger partial charge in [0.2, 0.25) is 5.13 Å². The van der Waals surface area contributed by atoms with E-state index in [4.69, 9.17) is 0 Å². The van der Waals surface area contributed by atoms with Crippen molar-refractivity contribution in [3.8, 4) is 0 Å². The van der Waals surface area contributed by atoms with Crippen LogP contribution < -0.4 is 5.32 Å². The van der Waals surface area contributed by atoms with Gasteiger partial charge in [-0.25, -0.2) is 4.39 Å². The van der Waals surface area contributed by atoms with Gasteiger partial charge in [-0.1, -0.05) is 54.3 Å². The smallest absolute Gasteiger partial charge is 0.210 e. The summed E-state index contributed by atoms with van der Waals surface area (Å²) in [5, 5.41) is 12.0. The standard InChI is InChI=1S/C18H16FN3OS2/c1-2-12-7-9-13(10-8-12)20-17-21-22-18(25-17)24-11-16(23)14-5-3-4-6-15(14)19/h3-10H,2,11H2,1H3,(H,20,21). The van der Waals surface area contributed by atoms with E-state index in [9.17, 15) is 9.18 Å². The van der Waals surface area contributed by atoms with Gasteiger partial charge < -0.3 is 5.32 Å². The number of Topliss-reactive ketones (excluding diaryl/α,β-unsaturated/α-hetero) is 1. The summed E-state index contributed by atoms with van der Waals surface area (Å²) in [6.45, 7) is 2.11. The summed E-state index contributed by atoms with van der Waals surface area (Å²) in [6.07, 6.45) is 0.996. The molecule has 0 aliphatic rings. The lowest BCUT2D eigenvalue weighted by molar-refractivity contribution is 0.101. The first-order valence-corrected chi connectivity index (χ1v) is 9.56. The molecule has 7 heteroatoms. The summed E-state index contributed by atoms with van der Waals surface area (Å²) in [4.78, 5) is 12.1. The van der Waals surface area contributed by atoms with E-state index < -0.39 is 5.82 Å². The highest BCUT2D eigenvalue weighted by molar-refractivity contribution is 8.01. The van der Waals surface area contributed by atoms with Gasteiger partial charge in [0.05, 0.1) is 11.3 Å². The molecule has 0 spiro atoms. The Morgan fingerprint density at radius 1 is 1.16 bits per heavy atom. The number of aryl methyl sites for hydroxylation is 1. The molecule has 0 radical (unpaired) electrons. The fourth-order valence-electron chi connectivity index (χ4n) is 2.16. The van der Waals surface area contributed by atoms with Crippen LogP contribution in [0, 0.1) is 5.82 Å². The molecule has 0 amide bonds. The number of benzene rings is 2. The van der Waals surface area contributed by atoms with Gasteiger partial charge in [-0.3, -0.25) is 4.79 Å². The highest BCUT2D eigenvalue weighted by Crippen LogP contribution is 2.28. The van der Waals surface area contributed by atoms with Crippen molar-refractivity contribution in [1.29, 1.82) is 0 Å². The number of halogens is 1. The Morgan fingerprint density at radius 2 is 1.92 bits per heavy atom. The number of hydrogen-bond donors (Lipinski definition) is 1. The fraction of sp³-hybridized carbons (Fsp3) is 0.167. The first-order valence-electron chi connectivity index (χ1n) is 7.75. The molecule has 0 saturated heterocycles. The largest absolute Gasteiger partial charge is 0.330 e. The molecular formula is C18H16FN3OS2. The van der Waals surface area contributed by atoms with E-state index >= 15 is 0 Å². The van der Waals surface area contributed by atoms with E-state index in [0.717, 1.165) is 12.1 Å². The van der Waals surface area contributed by atoms with Gasteiger partial charge in [0, 0.05) is 5.69 Å². The van der Waals surface area contributed by atoms with E-state index in [0.29, 0.717) is 9.47 Å². The monoisotopic (exact) mass is 373 g/mol. The van der Waals surface area contributed by atoms with Gasteiger partial charge in [-0.15, -0.1) is 10.2 Å². The van der Waals surface area contributed by atoms with Crippen molar-refractivity contribution in [2.75, 3.05) is 11.1 Å². The van der Waals surface area contributed by atoms with Crippen LogP contribution in [0.1, 0.15) is 22.8 Å². The number of nitrogens with zero attached hydrogens (tertiary/aromatic N) is 2. The maximum Gasteiger partial charge on any atom is 0.210 e. The average molecular weight is 373 g/mol. The van der Waals surface area contributed by atoms with Crippen LogP contribution in [-0.4, -0.2) is 21.7 Å². The zero-order valence-electron chi connectivity index (χ0n) is 13.5. The van der Waals surface area contributed by atoms with E-state index in [-0.39, 0.29) is 17.1 Å². The molecule has 3 rings (SSSR count). The Kier molecular flexibility index (Phi) is 5.78. The van der Waals surface area contributed by atoms with Gasteiger partial charge in [0.25, 0.3) is 0 Å². The van der Waals surface area contributed by atoms with Crippen LogP contribution in [-0.2, 0) is 6.42 Å². The molecule has 0 unspecified atom stereocenters. The minimum Gasteiger partial charge on any atom is -0.330 e. The van der Waals surface area contributed by atoms with E-state index in [1.165, 1.54) is 40.8 Å². The molecule has 0 aliphatic carbocycles. The number of nitrogens with one attached hydrogen (secondary N) is 1. The third kappa shape index (κ3) is 4.64. The molecule has 0 bridgehead atoms. The van der Waals surface area contributed by atoms with Crippen molar-refractivity contribution in [1.82, 2.24) is 10.2 Å². The molecular weight excluding hydrogens is 357 g/mol. The lowest BCUT2D eigenvalue weighted by Crippen LogP contribution is -2.04. The normalized spacial score (nSPS) is 10.6. The van der Waals surface area contributed by atoms with Crippen molar-refractivity contribution < 1.29 is 9.18 Å². The Balaban J connectivity index is 1.58. The Morgan fingerprint density at radius 3 is 2.64 bits per heavy atom. The molecule has 25 heavy (non-hydrogen) atoms. The van der Waals surface area contributed by atoms with Crippen LogP contribution in [0.5, 0.6) is 0 Å². The summed E-state index contributed by atoms with van der Waals surface area (Å²) in [5.41, 5.74) is 2.31. The summed E-state index contributed by atoms with van der Waals surface area (Å²) in [5.74, 6) is -0.632. The number of hydrogen-bond acceptors (Lipinski definition) is 6. The first-order chi connectivity index (χ1) is 12.2. The molecule has 1 N–H and O–H groups in total.